The van der Waals surface area contributed by atoms with Gasteiger partial charge >= 0.3 is 0 Å². The van der Waals surface area contributed by atoms with Gasteiger partial charge < -0.3 is 4.57 Å². The molecule has 0 saturated carbocycles. The van der Waals surface area contributed by atoms with E-state index in [1.807, 2.05) is 31.2 Å². The number of imidazole rings is 1. The minimum Gasteiger partial charge on any atom is -0.328 e. The van der Waals surface area contributed by atoms with Crippen LogP contribution in [0.5, 0.6) is 0 Å². The maximum Gasteiger partial charge on any atom is 0.170 e. The maximum atomic E-state index is 12.5. The number of aryl methyl sites for hydroxylation is 2. The third-order valence-corrected chi connectivity index (χ3v) is 3.69. The molecule has 4 nitrogen and oxygen atoms in total. The highest BCUT2D eigenvalue weighted by Crippen LogP contribution is 2.18. The molecule has 2 heterocycles. The quantitative estimate of drug-likeness (QED) is 0.689. The summed E-state index contributed by atoms with van der Waals surface area (Å²) in [5, 5.41) is 0. The Balaban J connectivity index is 1.98. The fraction of sp³-hybridized carbons (Fsp3) is 0.235. The molecule has 0 N–H and O–H groups in total. The van der Waals surface area contributed by atoms with E-state index in [1.165, 1.54) is 0 Å². The monoisotopic (exact) mass is 279 g/mol. The number of para-hydroxylation sites is 2. The van der Waals surface area contributed by atoms with Crippen LogP contribution >= 0.6 is 0 Å². The van der Waals surface area contributed by atoms with Gasteiger partial charge in [0.2, 0.25) is 0 Å². The van der Waals surface area contributed by atoms with E-state index in [4.69, 9.17) is 0 Å². The van der Waals surface area contributed by atoms with Crippen LogP contribution in [0.1, 0.15) is 28.7 Å². The molecule has 2 aromatic heterocycles. The molecule has 0 aliphatic heterocycles. The lowest BCUT2D eigenvalue weighted by atomic mass is 10.1. The standard InChI is InChI=1S/C17H17N3O/c1-3-20-15-7-5-4-6-14(15)19-17(20)10-16(21)13-8-9-18-11-12(13)2/h4-9,11H,3,10H2,1-2H3. The molecule has 3 rings (SSSR count). The van der Waals surface area contributed by atoms with Gasteiger partial charge in [0.15, 0.2) is 5.78 Å². The highest BCUT2D eigenvalue weighted by Gasteiger charge is 2.15. The highest BCUT2D eigenvalue weighted by atomic mass is 16.1. The second kappa shape index (κ2) is 5.48. The zero-order chi connectivity index (χ0) is 14.8. The molecule has 0 bridgehead atoms. The molecule has 4 heteroatoms. The van der Waals surface area contributed by atoms with Gasteiger partial charge in [-0.3, -0.25) is 9.78 Å². The number of benzene rings is 1. The van der Waals surface area contributed by atoms with Crippen LogP contribution < -0.4 is 0 Å². The molecule has 0 aliphatic rings. The number of aromatic nitrogens is 3. The van der Waals surface area contributed by atoms with E-state index >= 15 is 0 Å². The molecule has 0 fully saturated rings. The Bertz CT molecular complexity index is 805. The van der Waals surface area contributed by atoms with Gasteiger partial charge in [-0.15, -0.1) is 0 Å². The summed E-state index contributed by atoms with van der Waals surface area (Å²) in [6.45, 7) is 4.78. The third kappa shape index (κ3) is 2.44. The highest BCUT2D eigenvalue weighted by molar-refractivity contribution is 5.98. The first-order chi connectivity index (χ1) is 10.2. The summed E-state index contributed by atoms with van der Waals surface area (Å²) in [5.41, 5.74) is 3.64. The molecule has 106 valence electrons. The summed E-state index contributed by atoms with van der Waals surface area (Å²) >= 11 is 0. The van der Waals surface area contributed by atoms with Crippen molar-refractivity contribution in [3.8, 4) is 0 Å². The number of fused-ring (bicyclic) bond motifs is 1. The van der Waals surface area contributed by atoms with E-state index in [9.17, 15) is 4.79 Å². The lowest BCUT2D eigenvalue weighted by Crippen LogP contribution is -2.11. The number of carbonyl (C=O) groups excluding carboxylic acids is 1. The molecule has 0 radical (unpaired) electrons. The van der Waals surface area contributed by atoms with Gasteiger partial charge in [0.05, 0.1) is 17.5 Å². The van der Waals surface area contributed by atoms with E-state index in [2.05, 4.69) is 21.5 Å². The lowest BCUT2D eigenvalue weighted by Gasteiger charge is -2.07. The SMILES string of the molecule is CCn1c(CC(=O)c2ccncc2C)nc2ccccc21. The number of ketones is 1. The Morgan fingerprint density at radius 2 is 2.05 bits per heavy atom. The Kier molecular flexibility index (Phi) is 3.52. The van der Waals surface area contributed by atoms with Crippen molar-refractivity contribution in [2.24, 2.45) is 0 Å². The van der Waals surface area contributed by atoms with Crippen LogP contribution in [0.4, 0.5) is 0 Å². The Morgan fingerprint density at radius 1 is 1.24 bits per heavy atom. The molecule has 3 aromatic rings. The summed E-state index contributed by atoms with van der Waals surface area (Å²) in [4.78, 5) is 21.1. The van der Waals surface area contributed by atoms with Crippen molar-refractivity contribution in [1.29, 1.82) is 0 Å². The van der Waals surface area contributed by atoms with Gasteiger partial charge in [0, 0.05) is 24.5 Å². The largest absolute Gasteiger partial charge is 0.328 e. The molecule has 21 heavy (non-hydrogen) atoms. The van der Waals surface area contributed by atoms with Crippen LogP contribution in [-0.4, -0.2) is 20.3 Å². The number of hydrogen-bond donors (Lipinski definition) is 0. The molecule has 0 atom stereocenters. The lowest BCUT2D eigenvalue weighted by molar-refractivity contribution is 0.0989. The van der Waals surface area contributed by atoms with E-state index in [0.717, 1.165) is 34.5 Å². The number of carbonyl (C=O) groups is 1. The topological polar surface area (TPSA) is 47.8 Å². The molecular formula is C17H17N3O. The van der Waals surface area contributed by atoms with Crippen molar-refractivity contribution in [2.75, 3.05) is 0 Å². The normalized spacial score (nSPS) is 11.0. The molecule has 0 spiro atoms. The first-order valence-electron chi connectivity index (χ1n) is 7.08. The summed E-state index contributed by atoms with van der Waals surface area (Å²) < 4.78 is 2.10. The van der Waals surface area contributed by atoms with Crippen LogP contribution in [0, 0.1) is 6.92 Å². The zero-order valence-electron chi connectivity index (χ0n) is 12.2. The minimum atomic E-state index is 0.0832. The van der Waals surface area contributed by atoms with Crippen molar-refractivity contribution < 1.29 is 4.79 Å². The van der Waals surface area contributed by atoms with Gasteiger partial charge in [-0.25, -0.2) is 4.98 Å². The minimum absolute atomic E-state index is 0.0832. The van der Waals surface area contributed by atoms with Crippen molar-refractivity contribution >= 4 is 16.8 Å². The van der Waals surface area contributed by atoms with E-state index < -0.39 is 0 Å². The van der Waals surface area contributed by atoms with Gasteiger partial charge in [0.25, 0.3) is 0 Å². The van der Waals surface area contributed by atoms with Gasteiger partial charge in [-0.05, 0) is 37.6 Å². The van der Waals surface area contributed by atoms with Crippen molar-refractivity contribution in [1.82, 2.24) is 14.5 Å². The van der Waals surface area contributed by atoms with Gasteiger partial charge in [0.1, 0.15) is 5.82 Å². The van der Waals surface area contributed by atoms with Gasteiger partial charge in [-0.1, -0.05) is 12.1 Å². The van der Waals surface area contributed by atoms with E-state index in [0.29, 0.717) is 6.42 Å². The Labute approximate surface area is 123 Å². The van der Waals surface area contributed by atoms with Crippen LogP contribution in [0.2, 0.25) is 0 Å². The Morgan fingerprint density at radius 3 is 2.81 bits per heavy atom. The second-order valence-corrected chi connectivity index (χ2v) is 5.05. The molecule has 0 saturated heterocycles. The van der Waals surface area contributed by atoms with Crippen LogP contribution in [-0.2, 0) is 13.0 Å². The van der Waals surface area contributed by atoms with E-state index in [-0.39, 0.29) is 5.78 Å². The van der Waals surface area contributed by atoms with Crippen molar-refractivity contribution in [3.63, 3.8) is 0 Å². The smallest absolute Gasteiger partial charge is 0.170 e. The second-order valence-electron chi connectivity index (χ2n) is 5.05. The Hall–Kier alpha value is -2.49. The molecular weight excluding hydrogens is 262 g/mol. The van der Waals surface area contributed by atoms with Crippen LogP contribution in [0.25, 0.3) is 11.0 Å². The summed E-state index contributed by atoms with van der Waals surface area (Å²) in [5.74, 6) is 0.903. The predicted octanol–water partition coefficient (Wildman–Crippen LogP) is 3.19. The average molecular weight is 279 g/mol. The van der Waals surface area contributed by atoms with Gasteiger partial charge in [-0.2, -0.15) is 0 Å². The number of Topliss-reactive ketones (excluding diaryl/α,β-unsaturated/α-hetero) is 1. The fourth-order valence-corrected chi connectivity index (χ4v) is 2.64. The predicted molar refractivity (Wildman–Crippen MR) is 82.4 cm³/mol. The number of rotatable bonds is 4. The number of pyridine rings is 1. The maximum absolute atomic E-state index is 12.5. The average Bonchev–Trinajstić information content (AvgIpc) is 2.84. The number of hydrogen-bond acceptors (Lipinski definition) is 3. The summed E-state index contributed by atoms with van der Waals surface area (Å²) in [7, 11) is 0. The van der Waals surface area contributed by atoms with Crippen molar-refractivity contribution in [2.45, 2.75) is 26.8 Å². The van der Waals surface area contributed by atoms with Crippen LogP contribution in [0.15, 0.2) is 42.7 Å². The summed E-state index contributed by atoms with van der Waals surface area (Å²) in [6, 6.07) is 9.75. The first-order valence-corrected chi connectivity index (χ1v) is 7.08. The molecule has 0 aliphatic carbocycles. The summed E-state index contributed by atoms with van der Waals surface area (Å²) in [6.07, 6.45) is 3.69. The molecule has 1 aromatic carbocycles. The fourth-order valence-electron chi connectivity index (χ4n) is 2.64. The first kappa shape index (κ1) is 13.5. The molecule has 0 unspecified atom stereocenters. The molecule has 0 amide bonds. The van der Waals surface area contributed by atoms with Crippen LogP contribution in [0.3, 0.4) is 0 Å². The number of nitrogens with zero attached hydrogens (tertiary/aromatic N) is 3. The zero-order valence-corrected chi connectivity index (χ0v) is 12.2. The van der Waals surface area contributed by atoms with Crippen molar-refractivity contribution in [3.05, 3.63) is 59.7 Å². The third-order valence-electron chi connectivity index (χ3n) is 3.69. The van der Waals surface area contributed by atoms with E-state index in [1.54, 1.807) is 18.5 Å².